The summed E-state index contributed by atoms with van der Waals surface area (Å²) in [6.07, 6.45) is -5.06. The Balaban J connectivity index is 2.67. The lowest BCUT2D eigenvalue weighted by Crippen LogP contribution is -2.55. The van der Waals surface area contributed by atoms with Crippen molar-refractivity contribution >= 4 is 11.6 Å². The Hall–Kier alpha value is -1.63. The molecule has 8 nitrogen and oxygen atoms in total. The van der Waals surface area contributed by atoms with E-state index in [9.17, 15) is 19.8 Å². The van der Waals surface area contributed by atoms with Crippen LogP contribution in [0.25, 0.3) is 0 Å². The van der Waals surface area contributed by atoms with Gasteiger partial charge in [0.25, 0.3) is 5.56 Å². The van der Waals surface area contributed by atoms with Gasteiger partial charge >= 0.3 is 5.69 Å². The van der Waals surface area contributed by atoms with Crippen LogP contribution in [-0.4, -0.2) is 44.1 Å². The van der Waals surface area contributed by atoms with E-state index < -0.39 is 41.8 Å². The number of nitrogens with one attached hydrogen (secondary N) is 1. The Morgan fingerprint density at radius 2 is 2.38 bits per heavy atom. The first kappa shape index (κ1) is 13.1. The van der Waals surface area contributed by atoms with Gasteiger partial charge in [-0.15, -0.1) is 0 Å². The minimum absolute atomic E-state index is 0.140. The number of aryl methyl sites for hydroxylation is 1. The van der Waals surface area contributed by atoms with E-state index >= 15 is 0 Å². The van der Waals surface area contributed by atoms with Gasteiger partial charge in [0.2, 0.25) is 0 Å². The minimum Gasteiger partial charge on any atom is -0.394 e. The smallest absolute Gasteiger partial charge is 0.330 e. The third kappa shape index (κ3) is 2.50. The third-order valence-electron chi connectivity index (χ3n) is 3.25. The maximum atomic E-state index is 12.1. The summed E-state index contributed by atoms with van der Waals surface area (Å²) in [7, 11) is 0. The van der Waals surface area contributed by atoms with Gasteiger partial charge in [0.05, 0.1) is 9.30 Å². The number of H-pyrrole nitrogens is 1. The Kier molecular flexibility index (Phi) is 3.50. The predicted octanol–water partition coefficient (Wildman–Crippen LogP) is -2.01. The normalized spacial score (nSPS) is 33.9. The van der Waals surface area contributed by atoms with Crippen LogP contribution < -0.4 is 17.0 Å². The van der Waals surface area contributed by atoms with E-state index in [1.54, 1.807) is 0 Å². The van der Waals surface area contributed by atoms with Crippen molar-refractivity contribution < 1.29 is 17.7 Å². The molecule has 4 atom stereocenters. The molecule has 21 heavy (non-hydrogen) atoms. The number of hydrogen-bond acceptors (Lipinski definition) is 6. The summed E-state index contributed by atoms with van der Waals surface area (Å²) >= 11 is 5.35. The molecule has 0 bridgehead atoms. The molecule has 114 valence electrons. The molecule has 1 aromatic heterocycles. The van der Waals surface area contributed by atoms with Crippen LogP contribution in [0.5, 0.6) is 0 Å². The lowest BCUT2D eigenvalue weighted by molar-refractivity contribution is -0.0484. The number of halogens is 1. The molecule has 1 aliphatic rings. The summed E-state index contributed by atoms with van der Waals surface area (Å²) in [5.74, 6) is 2.28. The van der Waals surface area contributed by atoms with Crippen molar-refractivity contribution in [1.29, 1.82) is 0 Å². The molecule has 9 heteroatoms. The lowest BCUT2D eigenvalue weighted by Gasteiger charge is -2.28. The molecule has 1 saturated heterocycles. The van der Waals surface area contributed by atoms with E-state index in [0.29, 0.717) is 0 Å². The fraction of sp³-hybridized carbons (Fsp3) is 0.500. The fourth-order valence-electron chi connectivity index (χ4n) is 2.23. The van der Waals surface area contributed by atoms with Crippen molar-refractivity contribution in [3.63, 3.8) is 0 Å². The molecular weight excluding hydrogens is 302 g/mol. The molecular formula is C12H14ClN3O5. The molecule has 1 aromatic rings. The molecule has 0 radical (unpaired) electrons. The zero-order valence-electron chi connectivity index (χ0n) is 12.8. The molecule has 0 spiro atoms. The van der Waals surface area contributed by atoms with E-state index in [4.69, 9.17) is 24.8 Å². The van der Waals surface area contributed by atoms with Crippen molar-refractivity contribution in [2.45, 2.75) is 30.9 Å². The number of ether oxygens (including phenoxy) is 1. The van der Waals surface area contributed by atoms with E-state index in [1.807, 2.05) is 10.4 Å². The van der Waals surface area contributed by atoms with Crippen LogP contribution in [0.1, 0.15) is 14.7 Å². The van der Waals surface area contributed by atoms with E-state index in [0.717, 1.165) is 10.6 Å². The quantitative estimate of drug-likeness (QED) is 0.466. The van der Waals surface area contributed by atoms with E-state index in [1.165, 1.54) is 6.92 Å². The summed E-state index contributed by atoms with van der Waals surface area (Å²) in [6.45, 7) is -1.53. The van der Waals surface area contributed by atoms with Crippen molar-refractivity contribution in [2.75, 3.05) is 6.56 Å². The van der Waals surface area contributed by atoms with Crippen LogP contribution in [0.3, 0.4) is 0 Å². The molecule has 2 heterocycles. The van der Waals surface area contributed by atoms with Crippen molar-refractivity contribution in [3.05, 3.63) is 32.6 Å². The summed E-state index contributed by atoms with van der Waals surface area (Å²) in [6, 6.07) is 1.09. The van der Waals surface area contributed by atoms with Crippen molar-refractivity contribution in [3.8, 4) is 11.3 Å². The number of aliphatic hydroxyl groups is 2. The van der Waals surface area contributed by atoms with Gasteiger partial charge in [-0.05, 0) is 18.5 Å². The second kappa shape index (κ2) is 5.63. The zero-order chi connectivity index (χ0) is 17.6. The first-order chi connectivity index (χ1) is 10.5. The van der Waals surface area contributed by atoms with Gasteiger partial charge in [-0.1, -0.05) is 5.92 Å². The molecule has 0 aliphatic carbocycles. The van der Waals surface area contributed by atoms with Gasteiger partial charge in [0.15, 0.2) is 11.8 Å². The Morgan fingerprint density at radius 3 is 2.90 bits per heavy atom. The Morgan fingerprint density at radius 1 is 1.71 bits per heavy atom. The second-order valence-electron chi connectivity index (χ2n) is 4.59. The number of nitrogens with two attached hydrogens (primary N) is 1. The van der Waals surface area contributed by atoms with E-state index in [2.05, 4.69) is 5.92 Å². The summed E-state index contributed by atoms with van der Waals surface area (Å²) in [4.78, 5) is 25.4. The SMILES string of the molecule is [2H]C([2H])(O)[C@H]1O[C@@H](n2c(C)cc(=O)[nH]c2=O)[C@@](N)(C#CCl)C1O. The van der Waals surface area contributed by atoms with Gasteiger partial charge in [-0.3, -0.25) is 14.3 Å². The number of nitrogens with zero attached hydrogens (tertiary/aromatic N) is 1. The average molecular weight is 318 g/mol. The number of hydrogen-bond donors (Lipinski definition) is 4. The molecule has 1 aliphatic heterocycles. The van der Waals surface area contributed by atoms with Gasteiger partial charge < -0.3 is 20.7 Å². The predicted molar refractivity (Wildman–Crippen MR) is 73.6 cm³/mol. The number of aromatic amines is 1. The second-order valence-corrected chi connectivity index (χ2v) is 4.77. The molecule has 5 N–H and O–H groups in total. The molecule has 0 saturated carbocycles. The number of rotatable bonds is 2. The maximum absolute atomic E-state index is 12.1. The van der Waals surface area contributed by atoms with Gasteiger partial charge in [0, 0.05) is 17.1 Å². The fourth-order valence-corrected chi connectivity index (χ4v) is 2.39. The molecule has 0 amide bonds. The monoisotopic (exact) mass is 317 g/mol. The van der Waals surface area contributed by atoms with Crippen LogP contribution in [0.15, 0.2) is 15.7 Å². The van der Waals surface area contributed by atoms with Crippen LogP contribution >= 0.6 is 11.6 Å². The molecule has 1 fully saturated rings. The Bertz CT molecular complexity index is 793. The topological polar surface area (TPSA) is 131 Å². The maximum Gasteiger partial charge on any atom is 0.330 e. The molecule has 0 aromatic carbocycles. The first-order valence-electron chi connectivity index (χ1n) is 6.82. The summed E-state index contributed by atoms with van der Waals surface area (Å²) in [5.41, 5.74) is 2.60. The van der Waals surface area contributed by atoms with Crippen molar-refractivity contribution in [1.82, 2.24) is 9.55 Å². The minimum atomic E-state index is -2.95. The first-order valence-corrected chi connectivity index (χ1v) is 6.20. The summed E-state index contributed by atoms with van der Waals surface area (Å²) < 4.78 is 20.8. The Labute approximate surface area is 126 Å². The molecule has 1 unspecified atom stereocenters. The standard InChI is InChI=1S/C12H14ClN3O5/c1-6-4-8(18)15-11(20)16(6)10-12(14,2-3-13)9(19)7(5-17)21-10/h4,7,9-10,17,19H,5,14H2,1H3,(H,15,18,20)/t7-,9?,10-,12-/m1/s1/i5D2. The lowest BCUT2D eigenvalue weighted by atomic mass is 9.92. The largest absolute Gasteiger partial charge is 0.394 e. The van der Waals surface area contributed by atoms with Gasteiger partial charge in [-0.2, -0.15) is 0 Å². The van der Waals surface area contributed by atoms with Crippen LogP contribution in [-0.2, 0) is 4.74 Å². The van der Waals surface area contributed by atoms with Crippen LogP contribution in [0, 0.1) is 18.2 Å². The highest BCUT2D eigenvalue weighted by atomic mass is 35.5. The highest BCUT2D eigenvalue weighted by Crippen LogP contribution is 2.36. The van der Waals surface area contributed by atoms with Gasteiger partial charge in [0.1, 0.15) is 12.2 Å². The number of aromatic nitrogens is 2. The highest BCUT2D eigenvalue weighted by Gasteiger charge is 2.54. The zero-order valence-corrected chi connectivity index (χ0v) is 11.6. The van der Waals surface area contributed by atoms with Gasteiger partial charge in [-0.25, -0.2) is 4.79 Å². The highest BCUT2D eigenvalue weighted by molar-refractivity contribution is 6.30. The summed E-state index contributed by atoms with van der Waals surface area (Å²) in [5, 5.41) is 21.7. The van der Waals surface area contributed by atoms with Crippen LogP contribution in [0.4, 0.5) is 0 Å². The van der Waals surface area contributed by atoms with E-state index in [-0.39, 0.29) is 5.69 Å². The molecule has 2 rings (SSSR count). The average Bonchev–Trinajstić information content (AvgIpc) is 2.63. The van der Waals surface area contributed by atoms with Crippen LogP contribution in [0.2, 0.25) is 0 Å². The third-order valence-corrected chi connectivity index (χ3v) is 3.35. The number of aliphatic hydroxyl groups excluding tert-OH is 1. The van der Waals surface area contributed by atoms with Crippen molar-refractivity contribution in [2.24, 2.45) is 5.73 Å².